The minimum absolute atomic E-state index is 0.0966. The second kappa shape index (κ2) is 9.31. The van der Waals surface area contributed by atoms with Crippen molar-refractivity contribution >= 4 is 11.9 Å². The number of nitrogens with one attached hydrogen (secondary N) is 2. The van der Waals surface area contributed by atoms with Crippen molar-refractivity contribution in [1.82, 2.24) is 15.5 Å². The number of ether oxygens (including phenoxy) is 2. The Morgan fingerprint density at radius 1 is 1.15 bits per heavy atom. The Bertz CT molecular complexity index is 631. The van der Waals surface area contributed by atoms with E-state index < -0.39 is 6.04 Å². The molecule has 1 aromatic rings. The molecule has 0 aliphatic carbocycles. The van der Waals surface area contributed by atoms with Gasteiger partial charge in [0.15, 0.2) is 11.5 Å². The van der Waals surface area contributed by atoms with E-state index in [-0.39, 0.29) is 11.9 Å². The number of rotatable bonds is 7. The molecule has 0 aromatic heterocycles. The van der Waals surface area contributed by atoms with Gasteiger partial charge in [-0.05, 0) is 36.5 Å². The zero-order chi connectivity index (χ0) is 19.1. The van der Waals surface area contributed by atoms with Crippen molar-refractivity contribution < 1.29 is 19.1 Å². The molecule has 0 fully saturated rings. The molecule has 1 heterocycles. The number of benzene rings is 1. The van der Waals surface area contributed by atoms with Gasteiger partial charge in [0.25, 0.3) is 0 Å². The smallest absolute Gasteiger partial charge is 0.315 e. The fourth-order valence-corrected chi connectivity index (χ4v) is 2.78. The third-order valence-corrected chi connectivity index (χ3v) is 4.06. The van der Waals surface area contributed by atoms with Crippen molar-refractivity contribution in [2.24, 2.45) is 5.92 Å². The zero-order valence-corrected chi connectivity index (χ0v) is 16.0. The molecular formula is C19H29N3O4. The molecule has 0 bridgehead atoms. The lowest BCUT2D eigenvalue weighted by molar-refractivity contribution is -0.131. The summed E-state index contributed by atoms with van der Waals surface area (Å²) in [7, 11) is 3.38. The second-order valence-electron chi connectivity index (χ2n) is 7.04. The predicted octanol–water partition coefficient (Wildman–Crippen LogP) is 1.80. The summed E-state index contributed by atoms with van der Waals surface area (Å²) in [5.41, 5.74) is 1.05. The Hall–Kier alpha value is -2.44. The number of urea groups is 1. The molecule has 1 aliphatic rings. The first kappa shape index (κ1) is 19.9. The van der Waals surface area contributed by atoms with E-state index in [1.807, 2.05) is 32.0 Å². The maximum atomic E-state index is 12.2. The van der Waals surface area contributed by atoms with Gasteiger partial charge in [0.2, 0.25) is 5.91 Å². The summed E-state index contributed by atoms with van der Waals surface area (Å²) in [6.07, 6.45) is 1.27. The number of amides is 3. The minimum atomic E-state index is -0.515. The highest BCUT2D eigenvalue weighted by Crippen LogP contribution is 2.30. The fourth-order valence-electron chi connectivity index (χ4n) is 2.78. The first-order chi connectivity index (χ1) is 12.4. The van der Waals surface area contributed by atoms with Crippen LogP contribution in [0.5, 0.6) is 11.5 Å². The minimum Gasteiger partial charge on any atom is -0.486 e. The summed E-state index contributed by atoms with van der Waals surface area (Å²) in [5, 5.41) is 5.60. The van der Waals surface area contributed by atoms with Crippen LogP contribution >= 0.6 is 0 Å². The van der Waals surface area contributed by atoms with E-state index in [1.54, 1.807) is 14.1 Å². The number of nitrogens with zero attached hydrogens (tertiary/aromatic N) is 1. The molecule has 1 aromatic carbocycles. The monoisotopic (exact) mass is 363 g/mol. The topological polar surface area (TPSA) is 79.9 Å². The van der Waals surface area contributed by atoms with E-state index >= 15 is 0 Å². The van der Waals surface area contributed by atoms with E-state index in [2.05, 4.69) is 10.6 Å². The molecule has 26 heavy (non-hydrogen) atoms. The predicted molar refractivity (Wildman–Crippen MR) is 99.6 cm³/mol. The van der Waals surface area contributed by atoms with E-state index in [0.717, 1.165) is 17.1 Å². The maximum Gasteiger partial charge on any atom is 0.315 e. The average Bonchev–Trinajstić information content (AvgIpc) is 2.60. The average molecular weight is 363 g/mol. The van der Waals surface area contributed by atoms with Gasteiger partial charge in [-0.3, -0.25) is 4.79 Å². The number of likely N-dealkylation sites (N-methyl/N-ethyl adjacent to an activating group) is 1. The highest BCUT2D eigenvalue weighted by atomic mass is 16.6. The number of hydrogen-bond acceptors (Lipinski definition) is 4. The van der Waals surface area contributed by atoms with E-state index in [0.29, 0.717) is 38.5 Å². The Morgan fingerprint density at radius 2 is 1.85 bits per heavy atom. The standard InChI is InChI=1S/C19H29N3O4/c1-13(2)11-15(18(23)22(3)4)21-19(24)20-8-7-14-5-6-16-17(12-14)26-10-9-25-16/h5-6,12-13,15H,7-11H2,1-4H3,(H2,20,21,24). The van der Waals surface area contributed by atoms with Gasteiger partial charge in [-0.25, -0.2) is 4.79 Å². The van der Waals surface area contributed by atoms with Crippen LogP contribution in [0, 0.1) is 5.92 Å². The van der Waals surface area contributed by atoms with Crippen LogP contribution in [0.3, 0.4) is 0 Å². The van der Waals surface area contributed by atoms with Gasteiger partial charge in [0.1, 0.15) is 19.3 Å². The number of carbonyl (C=O) groups is 2. The van der Waals surface area contributed by atoms with E-state index in [1.165, 1.54) is 4.90 Å². The number of carbonyl (C=O) groups excluding carboxylic acids is 2. The van der Waals surface area contributed by atoms with Crippen molar-refractivity contribution in [3.63, 3.8) is 0 Å². The van der Waals surface area contributed by atoms with Crippen molar-refractivity contribution in [3.8, 4) is 11.5 Å². The molecule has 2 rings (SSSR count). The Morgan fingerprint density at radius 3 is 2.50 bits per heavy atom. The molecule has 7 heteroatoms. The van der Waals surface area contributed by atoms with Crippen LogP contribution in [0.25, 0.3) is 0 Å². The number of hydrogen-bond donors (Lipinski definition) is 2. The van der Waals surface area contributed by atoms with Gasteiger partial charge in [0.05, 0.1) is 0 Å². The van der Waals surface area contributed by atoms with Gasteiger partial charge in [-0.1, -0.05) is 19.9 Å². The van der Waals surface area contributed by atoms with Gasteiger partial charge in [-0.2, -0.15) is 0 Å². The second-order valence-corrected chi connectivity index (χ2v) is 7.04. The van der Waals surface area contributed by atoms with Crippen LogP contribution in [-0.2, 0) is 11.2 Å². The largest absolute Gasteiger partial charge is 0.486 e. The van der Waals surface area contributed by atoms with E-state index in [4.69, 9.17) is 9.47 Å². The van der Waals surface area contributed by atoms with Crippen molar-refractivity contribution in [3.05, 3.63) is 23.8 Å². The molecule has 0 radical (unpaired) electrons. The highest BCUT2D eigenvalue weighted by molar-refractivity contribution is 5.86. The summed E-state index contributed by atoms with van der Waals surface area (Å²) in [6.45, 7) is 5.64. The molecular weight excluding hydrogens is 334 g/mol. The molecule has 3 amide bonds. The van der Waals surface area contributed by atoms with Crippen LogP contribution in [0.15, 0.2) is 18.2 Å². The Balaban J connectivity index is 1.82. The molecule has 2 N–H and O–H groups in total. The first-order valence-electron chi connectivity index (χ1n) is 9.01. The highest BCUT2D eigenvalue weighted by Gasteiger charge is 2.23. The lowest BCUT2D eigenvalue weighted by Crippen LogP contribution is -2.50. The summed E-state index contributed by atoms with van der Waals surface area (Å²) in [6, 6.07) is 4.94. The molecule has 1 atom stereocenters. The van der Waals surface area contributed by atoms with E-state index in [9.17, 15) is 9.59 Å². The number of fused-ring (bicyclic) bond motifs is 1. The quantitative estimate of drug-likeness (QED) is 0.774. The maximum absolute atomic E-state index is 12.2. The third kappa shape index (κ3) is 5.82. The Labute approximate surface area is 155 Å². The molecule has 144 valence electrons. The van der Waals surface area contributed by atoms with Crippen LogP contribution in [0.1, 0.15) is 25.8 Å². The van der Waals surface area contributed by atoms with Gasteiger partial charge < -0.3 is 25.0 Å². The molecule has 0 spiro atoms. The third-order valence-electron chi connectivity index (χ3n) is 4.06. The SMILES string of the molecule is CC(C)CC(NC(=O)NCCc1ccc2c(c1)OCCO2)C(=O)N(C)C. The fraction of sp³-hybridized carbons (Fsp3) is 0.579. The van der Waals surface area contributed by atoms with Crippen LogP contribution in [0.2, 0.25) is 0 Å². The molecule has 1 unspecified atom stereocenters. The molecule has 0 saturated carbocycles. The lowest BCUT2D eigenvalue weighted by Gasteiger charge is -2.23. The van der Waals surface area contributed by atoms with Gasteiger partial charge in [0, 0.05) is 20.6 Å². The van der Waals surface area contributed by atoms with Crippen LogP contribution < -0.4 is 20.1 Å². The van der Waals surface area contributed by atoms with Gasteiger partial charge in [-0.15, -0.1) is 0 Å². The normalized spacial score (nSPS) is 13.9. The zero-order valence-electron chi connectivity index (χ0n) is 16.0. The van der Waals surface area contributed by atoms with Crippen LogP contribution in [-0.4, -0.2) is 56.7 Å². The first-order valence-corrected chi connectivity index (χ1v) is 9.01. The lowest BCUT2D eigenvalue weighted by atomic mass is 10.0. The molecule has 7 nitrogen and oxygen atoms in total. The van der Waals surface area contributed by atoms with Crippen molar-refractivity contribution in [2.45, 2.75) is 32.7 Å². The van der Waals surface area contributed by atoms with Crippen molar-refractivity contribution in [2.75, 3.05) is 33.9 Å². The molecule has 0 saturated heterocycles. The Kier molecular flexibility index (Phi) is 7.12. The van der Waals surface area contributed by atoms with Gasteiger partial charge >= 0.3 is 6.03 Å². The van der Waals surface area contributed by atoms with Crippen molar-refractivity contribution in [1.29, 1.82) is 0 Å². The summed E-state index contributed by atoms with van der Waals surface area (Å²) in [4.78, 5) is 25.9. The summed E-state index contributed by atoms with van der Waals surface area (Å²) < 4.78 is 11.1. The summed E-state index contributed by atoms with van der Waals surface area (Å²) >= 11 is 0. The summed E-state index contributed by atoms with van der Waals surface area (Å²) in [5.74, 6) is 1.71. The molecule has 1 aliphatic heterocycles. The van der Waals surface area contributed by atoms with Crippen LogP contribution in [0.4, 0.5) is 4.79 Å².